The summed E-state index contributed by atoms with van der Waals surface area (Å²) in [5.41, 5.74) is 5.87. The Morgan fingerprint density at radius 2 is 1.94 bits per heavy atom. The van der Waals surface area contributed by atoms with Gasteiger partial charge in [0.05, 0.1) is 0 Å². The third-order valence-corrected chi connectivity index (χ3v) is 3.12. The van der Waals surface area contributed by atoms with E-state index in [4.69, 9.17) is 10.5 Å². The highest BCUT2D eigenvalue weighted by Crippen LogP contribution is 2.16. The van der Waals surface area contributed by atoms with Gasteiger partial charge in [0.25, 0.3) is 0 Å². The highest BCUT2D eigenvalue weighted by molar-refractivity contribution is 4.78. The highest BCUT2D eigenvalue weighted by Gasteiger charge is 2.17. The van der Waals surface area contributed by atoms with Gasteiger partial charge in [-0.15, -0.1) is 0 Å². The van der Waals surface area contributed by atoms with Crippen LogP contribution >= 0.6 is 0 Å². The quantitative estimate of drug-likeness (QED) is 0.654. The van der Waals surface area contributed by atoms with Gasteiger partial charge in [0.2, 0.25) is 0 Å². The number of nitrogens with one attached hydrogen (secondary N) is 1. The maximum absolute atomic E-state index is 5.87. The van der Waals surface area contributed by atoms with E-state index in [1.54, 1.807) is 0 Å². The molecule has 1 aliphatic carbocycles. The number of hydrogen-bond acceptors (Lipinski definition) is 3. The van der Waals surface area contributed by atoms with Gasteiger partial charge in [0.15, 0.2) is 0 Å². The van der Waals surface area contributed by atoms with Crippen LogP contribution in [0.1, 0.15) is 46.0 Å². The van der Waals surface area contributed by atoms with Crippen LogP contribution in [0.15, 0.2) is 0 Å². The SMILES string of the molecule is CC(C)COCCCNC1CCC(N)CC1. The lowest BCUT2D eigenvalue weighted by Gasteiger charge is -2.26. The van der Waals surface area contributed by atoms with Crippen molar-refractivity contribution in [3.05, 3.63) is 0 Å². The molecule has 0 aromatic carbocycles. The lowest BCUT2D eigenvalue weighted by Crippen LogP contribution is -2.38. The van der Waals surface area contributed by atoms with Gasteiger partial charge in [-0.2, -0.15) is 0 Å². The highest BCUT2D eigenvalue weighted by atomic mass is 16.5. The molecule has 3 nitrogen and oxygen atoms in total. The van der Waals surface area contributed by atoms with E-state index in [1.165, 1.54) is 25.7 Å². The zero-order valence-electron chi connectivity index (χ0n) is 10.9. The third-order valence-electron chi connectivity index (χ3n) is 3.12. The molecule has 0 spiro atoms. The Morgan fingerprint density at radius 1 is 1.25 bits per heavy atom. The fourth-order valence-corrected chi connectivity index (χ4v) is 2.12. The normalized spacial score (nSPS) is 26.2. The first-order valence-corrected chi connectivity index (χ1v) is 6.75. The van der Waals surface area contributed by atoms with Gasteiger partial charge in [0.1, 0.15) is 0 Å². The zero-order valence-corrected chi connectivity index (χ0v) is 10.9. The Labute approximate surface area is 100 Å². The fourth-order valence-electron chi connectivity index (χ4n) is 2.12. The van der Waals surface area contributed by atoms with Crippen LogP contribution in [0, 0.1) is 5.92 Å². The fraction of sp³-hybridized carbons (Fsp3) is 1.00. The van der Waals surface area contributed by atoms with Crippen LogP contribution in [0.5, 0.6) is 0 Å². The molecule has 0 heterocycles. The molecule has 0 aliphatic heterocycles. The van der Waals surface area contributed by atoms with E-state index in [1.807, 2.05) is 0 Å². The summed E-state index contributed by atoms with van der Waals surface area (Å²) in [7, 11) is 0. The van der Waals surface area contributed by atoms with E-state index in [0.29, 0.717) is 18.0 Å². The van der Waals surface area contributed by atoms with Crippen LogP contribution < -0.4 is 11.1 Å². The second kappa shape index (κ2) is 8.04. The van der Waals surface area contributed by atoms with Gasteiger partial charge in [0, 0.05) is 25.3 Å². The average molecular weight is 228 g/mol. The molecule has 0 aromatic heterocycles. The van der Waals surface area contributed by atoms with E-state index in [2.05, 4.69) is 19.2 Å². The molecule has 1 aliphatic rings. The molecule has 3 N–H and O–H groups in total. The summed E-state index contributed by atoms with van der Waals surface area (Å²) in [6.45, 7) is 7.22. The summed E-state index contributed by atoms with van der Waals surface area (Å²) in [5, 5.41) is 3.59. The summed E-state index contributed by atoms with van der Waals surface area (Å²) in [5.74, 6) is 0.646. The number of rotatable bonds is 7. The number of ether oxygens (including phenoxy) is 1. The smallest absolute Gasteiger partial charge is 0.0489 e. The van der Waals surface area contributed by atoms with Crippen LogP contribution in [-0.2, 0) is 4.74 Å². The maximum Gasteiger partial charge on any atom is 0.0489 e. The van der Waals surface area contributed by atoms with Crippen LogP contribution in [0.2, 0.25) is 0 Å². The Hall–Kier alpha value is -0.120. The van der Waals surface area contributed by atoms with Gasteiger partial charge < -0.3 is 15.8 Å². The van der Waals surface area contributed by atoms with Gasteiger partial charge in [-0.25, -0.2) is 0 Å². The Bertz CT molecular complexity index is 165. The first-order valence-electron chi connectivity index (χ1n) is 6.75. The summed E-state index contributed by atoms with van der Waals surface area (Å²) in [6.07, 6.45) is 5.97. The molecule has 0 radical (unpaired) electrons. The first-order chi connectivity index (χ1) is 7.68. The van der Waals surface area contributed by atoms with Crippen molar-refractivity contribution in [2.45, 2.75) is 58.0 Å². The predicted molar refractivity (Wildman–Crippen MR) is 68.5 cm³/mol. The Balaban J connectivity index is 1.87. The van der Waals surface area contributed by atoms with Gasteiger partial charge >= 0.3 is 0 Å². The average Bonchev–Trinajstić information content (AvgIpc) is 2.25. The number of nitrogens with two attached hydrogens (primary N) is 1. The van der Waals surface area contributed by atoms with Crippen LogP contribution in [0.3, 0.4) is 0 Å². The Kier molecular flexibility index (Phi) is 7.01. The second-order valence-corrected chi connectivity index (χ2v) is 5.39. The van der Waals surface area contributed by atoms with E-state index >= 15 is 0 Å². The van der Waals surface area contributed by atoms with E-state index in [9.17, 15) is 0 Å². The monoisotopic (exact) mass is 228 g/mol. The summed E-state index contributed by atoms with van der Waals surface area (Å²) in [6, 6.07) is 1.15. The van der Waals surface area contributed by atoms with Crippen molar-refractivity contribution >= 4 is 0 Å². The molecule has 16 heavy (non-hydrogen) atoms. The molecule has 1 rings (SSSR count). The van der Waals surface area contributed by atoms with Crippen molar-refractivity contribution in [3.8, 4) is 0 Å². The van der Waals surface area contributed by atoms with Crippen molar-refractivity contribution in [2.24, 2.45) is 11.7 Å². The van der Waals surface area contributed by atoms with Gasteiger partial charge in [-0.3, -0.25) is 0 Å². The van der Waals surface area contributed by atoms with Crippen molar-refractivity contribution in [2.75, 3.05) is 19.8 Å². The molecular formula is C13H28N2O. The third kappa shape index (κ3) is 6.46. The molecule has 1 fully saturated rings. The summed E-state index contributed by atoms with van der Waals surface area (Å²) >= 11 is 0. The van der Waals surface area contributed by atoms with E-state index < -0.39 is 0 Å². The van der Waals surface area contributed by atoms with Gasteiger partial charge in [-0.1, -0.05) is 13.8 Å². The lowest BCUT2D eigenvalue weighted by molar-refractivity contribution is 0.107. The van der Waals surface area contributed by atoms with Gasteiger partial charge in [-0.05, 0) is 44.6 Å². The van der Waals surface area contributed by atoms with E-state index in [-0.39, 0.29) is 0 Å². The molecule has 0 bridgehead atoms. The number of hydrogen-bond donors (Lipinski definition) is 2. The first kappa shape index (κ1) is 13.9. The van der Waals surface area contributed by atoms with Crippen LogP contribution in [0.25, 0.3) is 0 Å². The molecule has 96 valence electrons. The molecule has 0 atom stereocenters. The zero-order chi connectivity index (χ0) is 11.8. The van der Waals surface area contributed by atoms with E-state index in [0.717, 1.165) is 26.2 Å². The molecule has 1 saturated carbocycles. The van der Waals surface area contributed by atoms with Crippen molar-refractivity contribution in [3.63, 3.8) is 0 Å². The molecule has 0 unspecified atom stereocenters. The van der Waals surface area contributed by atoms with Crippen molar-refractivity contribution in [1.82, 2.24) is 5.32 Å². The van der Waals surface area contributed by atoms with Crippen molar-refractivity contribution < 1.29 is 4.74 Å². The standard InChI is InChI=1S/C13H28N2O/c1-11(2)10-16-9-3-8-15-13-6-4-12(14)5-7-13/h11-13,15H,3-10,14H2,1-2H3. The second-order valence-electron chi connectivity index (χ2n) is 5.39. The topological polar surface area (TPSA) is 47.3 Å². The molecule has 0 amide bonds. The van der Waals surface area contributed by atoms with Crippen molar-refractivity contribution in [1.29, 1.82) is 0 Å². The minimum atomic E-state index is 0.451. The largest absolute Gasteiger partial charge is 0.381 e. The Morgan fingerprint density at radius 3 is 2.56 bits per heavy atom. The molecule has 3 heteroatoms. The minimum Gasteiger partial charge on any atom is -0.381 e. The maximum atomic E-state index is 5.87. The van der Waals surface area contributed by atoms with Crippen LogP contribution in [-0.4, -0.2) is 31.8 Å². The minimum absolute atomic E-state index is 0.451. The molecule has 0 saturated heterocycles. The lowest BCUT2D eigenvalue weighted by atomic mass is 9.92. The summed E-state index contributed by atoms with van der Waals surface area (Å²) < 4.78 is 5.54. The van der Waals surface area contributed by atoms with Crippen LogP contribution in [0.4, 0.5) is 0 Å². The molecular weight excluding hydrogens is 200 g/mol. The predicted octanol–water partition coefficient (Wildman–Crippen LogP) is 1.91. The molecule has 0 aromatic rings. The summed E-state index contributed by atoms with van der Waals surface area (Å²) in [4.78, 5) is 0.